The monoisotopic (exact) mass is 203 g/mol. The second-order valence-electron chi connectivity index (χ2n) is 2.78. The quantitative estimate of drug-likeness (QED) is 0.260. The van der Waals surface area contributed by atoms with Crippen LogP contribution in [0.25, 0.3) is 0 Å². The van der Waals surface area contributed by atoms with Crippen molar-refractivity contribution in [2.24, 2.45) is 4.99 Å². The Morgan fingerprint density at radius 3 is 2.23 bits per heavy atom. The summed E-state index contributed by atoms with van der Waals surface area (Å²) < 4.78 is 10.9. The molecule has 0 aliphatic carbocycles. The number of hydrogen-bond donors (Lipinski definition) is 0. The van der Waals surface area contributed by atoms with E-state index in [0.29, 0.717) is 23.5 Å². The van der Waals surface area contributed by atoms with Gasteiger partial charge >= 0.3 is 0 Å². The van der Waals surface area contributed by atoms with E-state index in [1.165, 1.54) is 6.08 Å². The molecule has 0 amide bonds. The second kappa shape index (κ2) is 6.04. The molecule has 0 aliphatic rings. The van der Waals surface area contributed by atoms with Crippen LogP contribution in [-0.4, -0.2) is 41.0 Å². The summed E-state index contributed by atoms with van der Waals surface area (Å²) >= 11 is 0. The van der Waals surface area contributed by atoms with Crippen molar-refractivity contribution < 1.29 is 14.3 Å². The minimum Gasteiger partial charge on any atom is -0.353 e. The highest BCUT2D eigenvalue weighted by molar-refractivity contribution is 6.14. The van der Waals surface area contributed by atoms with E-state index in [1.807, 2.05) is 13.8 Å². The molecule has 1 unspecified atom stereocenters. The van der Waals surface area contributed by atoms with Crippen molar-refractivity contribution in [3.05, 3.63) is 0 Å². The Morgan fingerprint density at radius 1 is 1.46 bits per heavy atom. The van der Waals surface area contributed by atoms with Crippen molar-refractivity contribution in [1.82, 2.24) is 0 Å². The summed E-state index contributed by atoms with van der Waals surface area (Å²) in [7, 11) is 0.669. The maximum atomic E-state index is 10.1. The molecular weight excluding hydrogens is 186 g/mol. The lowest BCUT2D eigenvalue weighted by Crippen LogP contribution is -2.46. The van der Waals surface area contributed by atoms with Gasteiger partial charge in [0.2, 0.25) is 6.08 Å². The fraction of sp³-hybridized carbons (Fsp3) is 0.875. The lowest BCUT2D eigenvalue weighted by Gasteiger charge is -2.32. The predicted octanol–water partition coefficient (Wildman–Crippen LogP) is -0.197. The van der Waals surface area contributed by atoms with Crippen LogP contribution >= 0.6 is 0 Å². The third kappa shape index (κ3) is 3.82. The van der Waals surface area contributed by atoms with Crippen LogP contribution in [0.1, 0.15) is 20.8 Å². The predicted molar refractivity (Wildman–Crippen MR) is 53.5 cm³/mol. The number of hydrogen-bond acceptors (Lipinski definition) is 4. The highest BCUT2D eigenvalue weighted by Gasteiger charge is 2.31. The van der Waals surface area contributed by atoms with E-state index in [-0.39, 0.29) is 6.04 Å². The first-order valence-corrected chi connectivity index (χ1v) is 5.45. The van der Waals surface area contributed by atoms with Crippen LogP contribution in [0.4, 0.5) is 0 Å². The summed E-state index contributed by atoms with van der Waals surface area (Å²) in [4.78, 5) is 13.7. The molecule has 0 spiro atoms. The summed E-state index contributed by atoms with van der Waals surface area (Å²) in [5.74, 6) is 0. The molecule has 0 aromatic rings. The molecule has 76 valence electrons. The van der Waals surface area contributed by atoms with Crippen molar-refractivity contribution >= 4 is 16.3 Å². The Bertz CT molecular complexity index is 186. The molecule has 0 aliphatic heterocycles. The summed E-state index contributed by atoms with van der Waals surface area (Å²) in [6, 6.07) is -0.281. The zero-order chi connectivity index (χ0) is 10.3. The number of ether oxygens (including phenoxy) is 2. The highest BCUT2D eigenvalue weighted by Crippen LogP contribution is 2.16. The van der Waals surface area contributed by atoms with Gasteiger partial charge in [-0.1, -0.05) is 0 Å². The average Bonchev–Trinajstić information content (AvgIpc) is 2.05. The van der Waals surface area contributed by atoms with Gasteiger partial charge in [0.25, 0.3) is 0 Å². The molecule has 0 N–H and O–H groups in total. The van der Waals surface area contributed by atoms with Crippen LogP contribution in [0.5, 0.6) is 0 Å². The molecule has 0 bridgehead atoms. The number of isocyanates is 1. The fourth-order valence-corrected chi connectivity index (χ4v) is 1.76. The van der Waals surface area contributed by atoms with Gasteiger partial charge in [0, 0.05) is 13.2 Å². The molecule has 5 heteroatoms. The normalized spacial score (nSPS) is 13.8. The van der Waals surface area contributed by atoms with Gasteiger partial charge < -0.3 is 9.47 Å². The van der Waals surface area contributed by atoms with Gasteiger partial charge in [0.15, 0.2) is 5.41 Å². The molecule has 13 heavy (non-hydrogen) atoms. The van der Waals surface area contributed by atoms with Crippen molar-refractivity contribution in [2.45, 2.75) is 32.2 Å². The van der Waals surface area contributed by atoms with E-state index in [9.17, 15) is 4.79 Å². The Labute approximate surface area is 81.7 Å². The van der Waals surface area contributed by atoms with E-state index in [2.05, 4.69) is 4.99 Å². The van der Waals surface area contributed by atoms with Gasteiger partial charge in [-0.15, -0.1) is 0 Å². The molecule has 0 saturated heterocycles. The van der Waals surface area contributed by atoms with Crippen LogP contribution < -0.4 is 0 Å². The van der Waals surface area contributed by atoms with E-state index in [0.717, 1.165) is 0 Å². The van der Waals surface area contributed by atoms with E-state index in [1.54, 1.807) is 6.92 Å². The highest BCUT2D eigenvalue weighted by atomic mass is 28.1. The number of aliphatic imine (C=N–C) groups is 1. The Hall–Kier alpha value is -0.483. The standard InChI is InChI=1S/C8H17NO3Si/c1-4-11-8(13,12-5-2)7(3)9-6-10/h7H,4-5H2,1-3,13H3. The summed E-state index contributed by atoms with van der Waals surface area (Å²) in [5.41, 5.74) is -0.680. The molecule has 0 rings (SSSR count). The Kier molecular flexibility index (Phi) is 5.82. The Balaban J connectivity index is 4.44. The first kappa shape index (κ1) is 12.5. The van der Waals surface area contributed by atoms with Gasteiger partial charge in [-0.05, 0) is 20.8 Å². The van der Waals surface area contributed by atoms with Crippen molar-refractivity contribution in [1.29, 1.82) is 0 Å². The number of rotatable bonds is 6. The molecule has 0 aromatic heterocycles. The number of nitrogens with zero attached hydrogens (tertiary/aromatic N) is 1. The Morgan fingerprint density at radius 2 is 1.92 bits per heavy atom. The average molecular weight is 203 g/mol. The second-order valence-corrected chi connectivity index (χ2v) is 4.17. The van der Waals surface area contributed by atoms with Crippen molar-refractivity contribution in [2.75, 3.05) is 13.2 Å². The maximum absolute atomic E-state index is 10.1. The third-order valence-electron chi connectivity index (χ3n) is 1.87. The molecule has 4 nitrogen and oxygen atoms in total. The van der Waals surface area contributed by atoms with Crippen LogP contribution in [0.2, 0.25) is 0 Å². The van der Waals surface area contributed by atoms with Gasteiger partial charge in [-0.25, -0.2) is 4.79 Å². The molecule has 0 aromatic carbocycles. The maximum Gasteiger partial charge on any atom is 0.235 e. The minimum atomic E-state index is -0.680. The van der Waals surface area contributed by atoms with Gasteiger partial charge in [-0.2, -0.15) is 4.99 Å². The molecular formula is C8H17NO3Si. The van der Waals surface area contributed by atoms with Crippen LogP contribution in [0.3, 0.4) is 0 Å². The topological polar surface area (TPSA) is 47.9 Å². The summed E-state index contributed by atoms with van der Waals surface area (Å²) in [6.07, 6.45) is 1.53. The molecule has 0 heterocycles. The third-order valence-corrected chi connectivity index (χ3v) is 3.28. The number of carbonyl (C=O) groups excluding carboxylic acids is 1. The molecule has 0 radical (unpaired) electrons. The van der Waals surface area contributed by atoms with Crippen LogP contribution in [0, 0.1) is 0 Å². The van der Waals surface area contributed by atoms with E-state index < -0.39 is 5.41 Å². The zero-order valence-electron chi connectivity index (χ0n) is 8.66. The lowest BCUT2D eigenvalue weighted by atomic mass is 10.3. The molecule has 0 saturated carbocycles. The van der Waals surface area contributed by atoms with Gasteiger partial charge in [0.1, 0.15) is 6.04 Å². The first-order chi connectivity index (χ1) is 6.10. The van der Waals surface area contributed by atoms with E-state index >= 15 is 0 Å². The minimum absolute atomic E-state index is 0.281. The van der Waals surface area contributed by atoms with E-state index in [4.69, 9.17) is 9.47 Å². The summed E-state index contributed by atoms with van der Waals surface area (Å²) in [5, 5.41) is 0. The smallest absolute Gasteiger partial charge is 0.235 e. The van der Waals surface area contributed by atoms with Gasteiger partial charge in [-0.3, -0.25) is 0 Å². The summed E-state index contributed by atoms with van der Waals surface area (Å²) in [6.45, 7) is 6.69. The molecule has 1 atom stereocenters. The van der Waals surface area contributed by atoms with Crippen molar-refractivity contribution in [3.63, 3.8) is 0 Å². The molecule has 0 fully saturated rings. The largest absolute Gasteiger partial charge is 0.353 e. The zero-order valence-corrected chi connectivity index (χ0v) is 10.7. The first-order valence-electron chi connectivity index (χ1n) is 4.45. The fourth-order valence-electron chi connectivity index (χ4n) is 1.05. The SMILES string of the molecule is CCOC([SiH3])(OCC)C(C)N=C=O. The van der Waals surface area contributed by atoms with Gasteiger partial charge in [0.05, 0.1) is 10.2 Å². The van der Waals surface area contributed by atoms with Crippen molar-refractivity contribution in [3.8, 4) is 0 Å². The lowest BCUT2D eigenvalue weighted by molar-refractivity contribution is -0.182. The van der Waals surface area contributed by atoms with Crippen LogP contribution in [0.15, 0.2) is 4.99 Å². The van der Waals surface area contributed by atoms with Crippen LogP contribution in [-0.2, 0) is 14.3 Å².